The maximum absolute atomic E-state index is 6.74. The van der Waals surface area contributed by atoms with Crippen LogP contribution < -0.4 is 0 Å². The van der Waals surface area contributed by atoms with Crippen LogP contribution in [0.3, 0.4) is 0 Å². The van der Waals surface area contributed by atoms with Crippen molar-refractivity contribution in [3.8, 4) is 44.5 Å². The summed E-state index contributed by atoms with van der Waals surface area (Å²) in [7, 11) is 0. The number of furan rings is 2. The minimum absolute atomic E-state index is 0.896. The molecule has 2 aromatic heterocycles. The Morgan fingerprint density at radius 2 is 0.636 bits per heavy atom. The summed E-state index contributed by atoms with van der Waals surface area (Å²) in [6, 6.07) is 80.0. The first-order valence-electron chi connectivity index (χ1n) is 22.7. The van der Waals surface area contributed by atoms with Crippen LogP contribution in [0.15, 0.2) is 227 Å². The van der Waals surface area contributed by atoms with Crippen molar-refractivity contribution >= 4 is 109 Å². The highest BCUT2D eigenvalue weighted by Gasteiger charge is 2.22. The fourth-order valence-electron chi connectivity index (χ4n) is 11.5. The highest BCUT2D eigenvalue weighted by Crippen LogP contribution is 2.49. The van der Waals surface area contributed by atoms with Crippen LogP contribution in [0.2, 0.25) is 0 Å². The van der Waals surface area contributed by atoms with Gasteiger partial charge in [0.25, 0.3) is 0 Å². The van der Waals surface area contributed by atoms with Crippen molar-refractivity contribution in [3.05, 3.63) is 218 Å². The molecule has 0 aliphatic rings. The maximum Gasteiger partial charge on any atom is 0.143 e. The van der Waals surface area contributed by atoms with Crippen molar-refractivity contribution in [3.63, 3.8) is 0 Å². The minimum Gasteiger partial charge on any atom is -0.455 e. The zero-order chi connectivity index (χ0) is 43.0. The summed E-state index contributed by atoms with van der Waals surface area (Å²) < 4.78 is 13.4. The van der Waals surface area contributed by atoms with Gasteiger partial charge in [-0.1, -0.05) is 188 Å². The summed E-state index contributed by atoms with van der Waals surface area (Å²) in [6.45, 7) is 0. The number of rotatable bonds is 4. The van der Waals surface area contributed by atoms with Crippen molar-refractivity contribution in [1.29, 1.82) is 0 Å². The summed E-state index contributed by atoms with van der Waals surface area (Å²) in [5.41, 5.74) is 12.9. The predicted octanol–water partition coefficient (Wildman–Crippen LogP) is 18.5. The van der Waals surface area contributed by atoms with E-state index in [-0.39, 0.29) is 0 Å². The van der Waals surface area contributed by atoms with E-state index in [1.54, 1.807) is 0 Å². The average Bonchev–Trinajstić information content (AvgIpc) is 3.96. The van der Waals surface area contributed by atoms with Crippen LogP contribution in [0, 0.1) is 0 Å². The SMILES string of the molecule is c1ccc(-c2ccc(-c3ccc(-c4c5cccc6c5cc5c4cccc5c4cccc5c(-c7cccc8c7oc7ccccc78)c7cccc6c7cc54)cc3)c3c2oc2ccccc23)cc1. The van der Waals surface area contributed by atoms with E-state index >= 15 is 0 Å². The fraction of sp³-hybridized carbons (Fsp3) is 0. The van der Waals surface area contributed by atoms with E-state index in [0.29, 0.717) is 0 Å². The molecule has 2 heterocycles. The Labute approximate surface area is 378 Å². The van der Waals surface area contributed by atoms with Gasteiger partial charge < -0.3 is 8.83 Å². The quantitative estimate of drug-likeness (QED) is 0.165. The maximum atomic E-state index is 6.74. The summed E-state index contributed by atoms with van der Waals surface area (Å²) in [5, 5.41) is 19.3. The molecule has 66 heavy (non-hydrogen) atoms. The molecule has 2 nitrogen and oxygen atoms in total. The standard InChI is InChI=1S/C64H36O2/c1-2-13-37(14-3-1)41-34-33-40(62-52-16-5-7-28-59(52)66-64(41)62)38-29-31-39(32-30-38)60-47-21-8-17-42-44-19-10-23-49-56(44)36-57-45(43-18-9-22-48(60)55(43)35-54(42)47)20-11-24-50(57)61(49)53-26-12-25-51-46-15-4-6-27-58(46)65-63(51)53/h1-36H. The number of para-hydroxylation sites is 3. The fourth-order valence-corrected chi connectivity index (χ4v) is 11.5. The van der Waals surface area contributed by atoms with Crippen LogP contribution in [0.25, 0.3) is 153 Å². The number of fused-ring (bicyclic) bond motifs is 8. The first kappa shape index (κ1) is 35.7. The minimum atomic E-state index is 0.896. The Morgan fingerprint density at radius 3 is 1.26 bits per heavy atom. The molecule has 0 unspecified atom stereocenters. The monoisotopic (exact) mass is 836 g/mol. The van der Waals surface area contributed by atoms with E-state index in [2.05, 4.69) is 218 Å². The Kier molecular flexibility index (Phi) is 7.25. The average molecular weight is 837 g/mol. The highest BCUT2D eigenvalue weighted by atomic mass is 16.3. The second-order valence-corrected chi connectivity index (χ2v) is 17.8. The molecule has 0 saturated heterocycles. The van der Waals surface area contributed by atoms with E-state index in [1.807, 2.05) is 0 Å². The van der Waals surface area contributed by atoms with Crippen molar-refractivity contribution in [2.75, 3.05) is 0 Å². The molecule has 2 heteroatoms. The van der Waals surface area contributed by atoms with Gasteiger partial charge in [0, 0.05) is 38.2 Å². The highest BCUT2D eigenvalue weighted by molar-refractivity contribution is 6.32. The third-order valence-electron chi connectivity index (χ3n) is 14.4. The molecular formula is C64H36O2. The summed E-state index contributed by atoms with van der Waals surface area (Å²) >= 11 is 0. The molecule has 15 rings (SSSR count). The molecule has 0 radical (unpaired) electrons. The molecule has 0 N–H and O–H groups in total. The first-order valence-corrected chi connectivity index (χ1v) is 22.7. The lowest BCUT2D eigenvalue weighted by atomic mass is 9.84. The van der Waals surface area contributed by atoms with Gasteiger partial charge in [0.1, 0.15) is 22.3 Å². The van der Waals surface area contributed by atoms with Crippen molar-refractivity contribution in [1.82, 2.24) is 0 Å². The second kappa shape index (κ2) is 13.4. The lowest BCUT2D eigenvalue weighted by Crippen LogP contribution is -1.91. The van der Waals surface area contributed by atoms with Gasteiger partial charge in [0.05, 0.1) is 0 Å². The molecule has 0 spiro atoms. The Hall–Kier alpha value is -8.72. The zero-order valence-electron chi connectivity index (χ0n) is 35.6. The van der Waals surface area contributed by atoms with Gasteiger partial charge in [-0.05, 0) is 123 Å². The summed E-state index contributed by atoms with van der Waals surface area (Å²) in [6.07, 6.45) is 0. The van der Waals surface area contributed by atoms with Crippen molar-refractivity contribution in [2.24, 2.45) is 0 Å². The summed E-state index contributed by atoms with van der Waals surface area (Å²) in [5.74, 6) is 0. The zero-order valence-corrected chi connectivity index (χ0v) is 35.6. The molecule has 0 fully saturated rings. The van der Waals surface area contributed by atoms with E-state index in [9.17, 15) is 0 Å². The lowest BCUT2D eigenvalue weighted by molar-refractivity contribution is 0.669. The van der Waals surface area contributed by atoms with Gasteiger partial charge >= 0.3 is 0 Å². The van der Waals surface area contributed by atoms with Gasteiger partial charge in [0.15, 0.2) is 0 Å². The van der Waals surface area contributed by atoms with E-state index in [1.165, 1.54) is 81.3 Å². The lowest BCUT2D eigenvalue weighted by Gasteiger charge is -2.19. The predicted molar refractivity (Wildman–Crippen MR) is 279 cm³/mol. The largest absolute Gasteiger partial charge is 0.455 e. The molecule has 0 aliphatic heterocycles. The van der Waals surface area contributed by atoms with Crippen molar-refractivity contribution in [2.45, 2.75) is 0 Å². The first-order chi connectivity index (χ1) is 32.7. The van der Waals surface area contributed by atoms with Gasteiger partial charge in [-0.2, -0.15) is 0 Å². The van der Waals surface area contributed by atoms with Crippen molar-refractivity contribution < 1.29 is 8.83 Å². The molecule has 0 saturated carbocycles. The van der Waals surface area contributed by atoms with E-state index < -0.39 is 0 Å². The third-order valence-corrected chi connectivity index (χ3v) is 14.4. The molecule has 15 aromatic rings. The number of hydrogen-bond donors (Lipinski definition) is 0. The van der Waals surface area contributed by atoms with Gasteiger partial charge in [-0.3, -0.25) is 0 Å². The van der Waals surface area contributed by atoms with Gasteiger partial charge in [-0.15, -0.1) is 0 Å². The van der Waals surface area contributed by atoms with Crippen LogP contribution in [-0.4, -0.2) is 0 Å². The molecule has 0 atom stereocenters. The van der Waals surface area contributed by atoms with E-state index in [4.69, 9.17) is 8.83 Å². The second-order valence-electron chi connectivity index (χ2n) is 17.8. The number of benzene rings is 12. The Morgan fingerprint density at radius 1 is 0.212 bits per heavy atom. The van der Waals surface area contributed by atoms with E-state index in [0.717, 1.165) is 71.7 Å². The van der Waals surface area contributed by atoms with Gasteiger partial charge in [-0.25, -0.2) is 0 Å². The van der Waals surface area contributed by atoms with Gasteiger partial charge in [0.2, 0.25) is 0 Å². The Balaban J connectivity index is 1.00. The summed E-state index contributed by atoms with van der Waals surface area (Å²) in [4.78, 5) is 0. The smallest absolute Gasteiger partial charge is 0.143 e. The Bertz CT molecular complexity index is 4370. The van der Waals surface area contributed by atoms with Crippen LogP contribution in [0.1, 0.15) is 0 Å². The molecule has 13 aromatic carbocycles. The molecule has 304 valence electrons. The number of hydrogen-bond acceptors (Lipinski definition) is 2. The molecule has 0 aliphatic carbocycles. The van der Waals surface area contributed by atoms with Crippen LogP contribution in [0.4, 0.5) is 0 Å². The van der Waals surface area contributed by atoms with Crippen LogP contribution in [-0.2, 0) is 0 Å². The molecular weight excluding hydrogens is 801 g/mol. The molecule has 12 bridgehead atoms. The topological polar surface area (TPSA) is 26.3 Å². The third kappa shape index (κ3) is 4.90. The normalized spacial score (nSPS) is 12.2. The van der Waals surface area contributed by atoms with Crippen LogP contribution >= 0.6 is 0 Å². The molecule has 0 amide bonds. The van der Waals surface area contributed by atoms with Crippen LogP contribution in [0.5, 0.6) is 0 Å².